The zero-order valence-electron chi connectivity index (χ0n) is 16.6. The van der Waals surface area contributed by atoms with E-state index < -0.39 is 0 Å². The van der Waals surface area contributed by atoms with E-state index in [4.69, 9.17) is 0 Å². The zero-order chi connectivity index (χ0) is 19.9. The van der Waals surface area contributed by atoms with Gasteiger partial charge in [-0.1, -0.05) is 84.9 Å². The molecule has 0 spiro atoms. The van der Waals surface area contributed by atoms with Crippen LogP contribution in [0, 0.1) is 5.82 Å². The van der Waals surface area contributed by atoms with Gasteiger partial charge in [-0.3, -0.25) is 9.80 Å². The van der Waals surface area contributed by atoms with Crippen molar-refractivity contribution < 1.29 is 4.39 Å². The summed E-state index contributed by atoms with van der Waals surface area (Å²) in [5.74, 6) is -0.185. The number of hydrogen-bond acceptors (Lipinski definition) is 2. The maximum absolute atomic E-state index is 13.5. The highest BCUT2D eigenvalue weighted by molar-refractivity contribution is 5.48. The first-order chi connectivity index (χ1) is 14.3. The van der Waals surface area contributed by atoms with Gasteiger partial charge in [0, 0.05) is 32.7 Å². The van der Waals surface area contributed by atoms with Crippen LogP contribution >= 0.6 is 0 Å². The fraction of sp³-hybridized carbons (Fsp3) is 0.231. The van der Waals surface area contributed by atoms with Crippen LogP contribution in [0.3, 0.4) is 0 Å². The van der Waals surface area contributed by atoms with Gasteiger partial charge >= 0.3 is 0 Å². The van der Waals surface area contributed by atoms with Gasteiger partial charge in [-0.25, -0.2) is 4.39 Å². The van der Waals surface area contributed by atoms with Crippen LogP contribution in [0.25, 0.3) is 6.08 Å². The smallest absolute Gasteiger partial charge is 0.123 e. The minimum Gasteiger partial charge on any atom is -0.297 e. The fourth-order valence-electron chi connectivity index (χ4n) is 4.00. The lowest BCUT2D eigenvalue weighted by Crippen LogP contribution is -2.47. The van der Waals surface area contributed by atoms with Crippen molar-refractivity contribution in [3.05, 3.63) is 114 Å². The number of nitrogens with zero attached hydrogens (tertiary/aromatic N) is 2. The second-order valence-electron chi connectivity index (χ2n) is 7.51. The Morgan fingerprint density at radius 3 is 1.97 bits per heavy atom. The molecule has 0 bridgehead atoms. The first-order valence-corrected chi connectivity index (χ1v) is 10.3. The zero-order valence-corrected chi connectivity index (χ0v) is 16.6. The average Bonchev–Trinajstić information content (AvgIpc) is 2.78. The van der Waals surface area contributed by atoms with Crippen LogP contribution in [0.4, 0.5) is 4.39 Å². The van der Waals surface area contributed by atoms with Gasteiger partial charge in [-0.15, -0.1) is 0 Å². The van der Waals surface area contributed by atoms with Crippen LogP contribution in [0.1, 0.15) is 22.7 Å². The molecule has 0 aliphatic carbocycles. The van der Waals surface area contributed by atoms with Crippen LogP contribution in [-0.4, -0.2) is 42.5 Å². The summed E-state index contributed by atoms with van der Waals surface area (Å²) in [4.78, 5) is 5.00. The van der Waals surface area contributed by atoms with Gasteiger partial charge in [0.05, 0.1) is 6.04 Å². The molecule has 3 aromatic carbocycles. The maximum atomic E-state index is 13.5. The largest absolute Gasteiger partial charge is 0.297 e. The quantitative estimate of drug-likeness (QED) is 0.571. The summed E-state index contributed by atoms with van der Waals surface area (Å²) < 4.78 is 13.5. The Kier molecular flexibility index (Phi) is 6.50. The van der Waals surface area contributed by atoms with Gasteiger partial charge < -0.3 is 0 Å². The minimum atomic E-state index is -0.185. The summed E-state index contributed by atoms with van der Waals surface area (Å²) in [5.41, 5.74) is 3.65. The lowest BCUT2D eigenvalue weighted by molar-refractivity contribution is 0.118. The van der Waals surface area contributed by atoms with E-state index in [0.717, 1.165) is 38.3 Å². The van der Waals surface area contributed by atoms with E-state index in [1.807, 2.05) is 24.3 Å². The molecule has 0 saturated carbocycles. The fourth-order valence-corrected chi connectivity index (χ4v) is 4.00. The second kappa shape index (κ2) is 9.64. The number of rotatable bonds is 6. The van der Waals surface area contributed by atoms with E-state index in [-0.39, 0.29) is 11.9 Å². The molecule has 0 N–H and O–H groups in total. The Hall–Kier alpha value is -2.75. The SMILES string of the molecule is Fc1ccc(C(c2ccccc2)N2CCN(CC=Cc3ccccc3)CC2)cc1. The molecular weight excluding hydrogens is 359 g/mol. The van der Waals surface area contributed by atoms with E-state index in [1.165, 1.54) is 11.1 Å². The molecular formula is C26H27FN2. The number of piperazine rings is 1. The lowest BCUT2D eigenvalue weighted by Gasteiger charge is -2.39. The molecule has 0 amide bonds. The maximum Gasteiger partial charge on any atom is 0.123 e. The molecule has 4 rings (SSSR count). The predicted octanol–water partition coefficient (Wildman–Crippen LogP) is 5.25. The van der Waals surface area contributed by atoms with Crippen molar-refractivity contribution in [3.8, 4) is 0 Å². The topological polar surface area (TPSA) is 6.48 Å². The van der Waals surface area contributed by atoms with Crippen molar-refractivity contribution in [2.45, 2.75) is 6.04 Å². The van der Waals surface area contributed by atoms with E-state index in [0.29, 0.717) is 0 Å². The molecule has 1 saturated heterocycles. The summed E-state index contributed by atoms with van der Waals surface area (Å²) in [6.45, 7) is 5.02. The highest BCUT2D eigenvalue weighted by atomic mass is 19.1. The van der Waals surface area contributed by atoms with Gasteiger partial charge in [-0.2, -0.15) is 0 Å². The molecule has 2 nitrogen and oxygen atoms in total. The highest BCUT2D eigenvalue weighted by Crippen LogP contribution is 2.29. The number of benzene rings is 3. The van der Waals surface area contributed by atoms with Gasteiger partial charge in [0.15, 0.2) is 0 Å². The predicted molar refractivity (Wildman–Crippen MR) is 118 cm³/mol. The van der Waals surface area contributed by atoms with Gasteiger partial charge in [0.2, 0.25) is 0 Å². The molecule has 0 aromatic heterocycles. The molecule has 1 aliphatic rings. The van der Waals surface area contributed by atoms with Crippen molar-refractivity contribution in [1.82, 2.24) is 9.80 Å². The number of halogens is 1. The van der Waals surface area contributed by atoms with Crippen molar-refractivity contribution in [1.29, 1.82) is 0 Å². The Bertz CT molecular complexity index is 898. The van der Waals surface area contributed by atoms with Crippen molar-refractivity contribution in [2.24, 2.45) is 0 Å². The Labute approximate surface area is 172 Å². The monoisotopic (exact) mass is 386 g/mol. The summed E-state index contributed by atoms with van der Waals surface area (Å²) in [6.07, 6.45) is 4.44. The van der Waals surface area contributed by atoms with Crippen molar-refractivity contribution in [3.63, 3.8) is 0 Å². The van der Waals surface area contributed by atoms with E-state index >= 15 is 0 Å². The van der Waals surface area contributed by atoms with Crippen LogP contribution in [0.5, 0.6) is 0 Å². The molecule has 3 heteroatoms. The van der Waals surface area contributed by atoms with E-state index in [1.54, 1.807) is 12.1 Å². The third kappa shape index (κ3) is 5.20. The second-order valence-corrected chi connectivity index (χ2v) is 7.51. The molecule has 29 heavy (non-hydrogen) atoms. The lowest BCUT2D eigenvalue weighted by atomic mass is 9.96. The third-order valence-corrected chi connectivity index (χ3v) is 5.55. The first-order valence-electron chi connectivity index (χ1n) is 10.3. The van der Waals surface area contributed by atoms with E-state index in [2.05, 4.69) is 70.5 Å². The standard InChI is InChI=1S/C26H27FN2/c27-25-15-13-24(14-16-25)26(23-11-5-2-6-12-23)29-20-18-28(19-21-29)17-7-10-22-8-3-1-4-9-22/h1-16,26H,17-21H2. The van der Waals surface area contributed by atoms with Crippen LogP contribution in [0.2, 0.25) is 0 Å². The molecule has 148 valence electrons. The van der Waals surface area contributed by atoms with Crippen LogP contribution in [-0.2, 0) is 0 Å². The minimum absolute atomic E-state index is 0.166. The molecule has 1 aliphatic heterocycles. The molecule has 1 heterocycles. The van der Waals surface area contributed by atoms with Gasteiger partial charge in [0.25, 0.3) is 0 Å². The van der Waals surface area contributed by atoms with Gasteiger partial charge in [0.1, 0.15) is 5.82 Å². The molecule has 1 fully saturated rings. The van der Waals surface area contributed by atoms with Gasteiger partial charge in [-0.05, 0) is 28.8 Å². The van der Waals surface area contributed by atoms with Crippen molar-refractivity contribution >= 4 is 6.08 Å². The summed E-state index contributed by atoms with van der Waals surface area (Å²) >= 11 is 0. The summed E-state index contributed by atoms with van der Waals surface area (Å²) in [6, 6.07) is 28.1. The third-order valence-electron chi connectivity index (χ3n) is 5.55. The summed E-state index contributed by atoms with van der Waals surface area (Å²) in [7, 11) is 0. The average molecular weight is 387 g/mol. The molecule has 1 unspecified atom stereocenters. The summed E-state index contributed by atoms with van der Waals surface area (Å²) in [5, 5.41) is 0. The van der Waals surface area contributed by atoms with Crippen LogP contribution in [0.15, 0.2) is 91.0 Å². The van der Waals surface area contributed by atoms with Crippen LogP contribution < -0.4 is 0 Å². The first kappa shape index (κ1) is 19.6. The number of hydrogen-bond donors (Lipinski definition) is 0. The highest BCUT2D eigenvalue weighted by Gasteiger charge is 2.26. The Morgan fingerprint density at radius 2 is 1.31 bits per heavy atom. The molecule has 3 aromatic rings. The van der Waals surface area contributed by atoms with Crippen molar-refractivity contribution in [2.75, 3.05) is 32.7 Å². The Balaban J connectivity index is 1.41. The Morgan fingerprint density at radius 1 is 0.724 bits per heavy atom. The molecule has 1 atom stereocenters. The van der Waals surface area contributed by atoms with E-state index in [9.17, 15) is 4.39 Å². The molecule has 0 radical (unpaired) electrons. The normalized spacial score (nSPS) is 16.9.